The van der Waals surface area contributed by atoms with Gasteiger partial charge in [0.2, 0.25) is 0 Å². The Kier molecular flexibility index (Phi) is 4.94. The molecule has 0 fully saturated rings. The number of nitrogens with zero attached hydrogens (tertiary/aromatic N) is 2. The van der Waals surface area contributed by atoms with E-state index in [1.54, 1.807) is 0 Å². The van der Waals surface area contributed by atoms with Gasteiger partial charge in [-0.1, -0.05) is 0 Å². The Bertz CT molecular complexity index is 338. The number of pyridine rings is 1. The highest BCUT2D eigenvalue weighted by atomic mass is 15.1. The van der Waals surface area contributed by atoms with Gasteiger partial charge >= 0.3 is 0 Å². The molecule has 0 atom stereocenters. The number of nitrogens with one attached hydrogen (secondary N) is 1. The van der Waals surface area contributed by atoms with Gasteiger partial charge in [-0.2, -0.15) is 0 Å². The molecule has 0 saturated heterocycles. The van der Waals surface area contributed by atoms with Crippen molar-refractivity contribution in [3.05, 3.63) is 24.0 Å². The monoisotopic (exact) mass is 235 g/mol. The maximum absolute atomic E-state index is 4.23. The molecule has 0 aliphatic heterocycles. The lowest BCUT2D eigenvalue weighted by molar-refractivity contribution is 0.424. The van der Waals surface area contributed by atoms with Gasteiger partial charge < -0.3 is 10.2 Å². The van der Waals surface area contributed by atoms with Crippen molar-refractivity contribution in [2.45, 2.75) is 46.7 Å². The summed E-state index contributed by atoms with van der Waals surface area (Å²) in [5.74, 6) is 0. The predicted octanol–water partition coefficient (Wildman–Crippen LogP) is 2.82. The van der Waals surface area contributed by atoms with Crippen molar-refractivity contribution >= 4 is 5.69 Å². The Labute approximate surface area is 105 Å². The van der Waals surface area contributed by atoms with Crippen LogP contribution in [0.15, 0.2) is 18.5 Å². The van der Waals surface area contributed by atoms with Crippen LogP contribution in [0.2, 0.25) is 0 Å². The van der Waals surface area contributed by atoms with E-state index in [1.165, 1.54) is 11.3 Å². The van der Waals surface area contributed by atoms with Crippen LogP contribution in [0.25, 0.3) is 0 Å². The molecule has 1 aromatic rings. The fourth-order valence-corrected chi connectivity index (χ4v) is 1.79. The molecule has 0 bridgehead atoms. The minimum atomic E-state index is 0.135. The van der Waals surface area contributed by atoms with Gasteiger partial charge in [0.15, 0.2) is 0 Å². The van der Waals surface area contributed by atoms with Gasteiger partial charge in [-0.05, 0) is 40.7 Å². The van der Waals surface area contributed by atoms with Gasteiger partial charge in [0, 0.05) is 48.8 Å². The SMILES string of the molecule is CCN(CC)c1ccncc1CNC(C)(C)C. The average Bonchev–Trinajstić information content (AvgIpc) is 2.28. The molecule has 0 aliphatic carbocycles. The Hall–Kier alpha value is -1.09. The summed E-state index contributed by atoms with van der Waals surface area (Å²) < 4.78 is 0. The van der Waals surface area contributed by atoms with E-state index in [1.807, 2.05) is 12.4 Å². The molecule has 0 unspecified atom stereocenters. The summed E-state index contributed by atoms with van der Waals surface area (Å²) in [4.78, 5) is 6.59. The van der Waals surface area contributed by atoms with Crippen LogP contribution in [-0.2, 0) is 6.54 Å². The summed E-state index contributed by atoms with van der Waals surface area (Å²) in [7, 11) is 0. The Morgan fingerprint density at radius 2 is 1.88 bits per heavy atom. The molecule has 96 valence electrons. The van der Waals surface area contributed by atoms with E-state index in [0.29, 0.717) is 0 Å². The van der Waals surface area contributed by atoms with E-state index < -0.39 is 0 Å². The molecule has 0 amide bonds. The second-order valence-electron chi connectivity index (χ2n) is 5.28. The zero-order chi connectivity index (χ0) is 12.9. The molecule has 0 radical (unpaired) electrons. The van der Waals surface area contributed by atoms with Gasteiger partial charge in [0.05, 0.1) is 0 Å². The molecule has 1 N–H and O–H groups in total. The number of anilines is 1. The minimum absolute atomic E-state index is 0.135. The number of hydrogen-bond acceptors (Lipinski definition) is 3. The first kappa shape index (κ1) is 14.0. The maximum Gasteiger partial charge on any atom is 0.0442 e. The molecule has 3 nitrogen and oxygen atoms in total. The summed E-state index contributed by atoms with van der Waals surface area (Å²) in [6.07, 6.45) is 3.83. The van der Waals surface area contributed by atoms with E-state index in [-0.39, 0.29) is 5.54 Å². The fraction of sp³-hybridized carbons (Fsp3) is 0.643. The second-order valence-corrected chi connectivity index (χ2v) is 5.28. The molecular formula is C14H25N3. The molecule has 3 heteroatoms. The van der Waals surface area contributed by atoms with Crippen LogP contribution in [0.1, 0.15) is 40.2 Å². The third kappa shape index (κ3) is 4.35. The van der Waals surface area contributed by atoms with Crippen LogP contribution in [0.5, 0.6) is 0 Å². The standard InChI is InChI=1S/C14H25N3/c1-6-17(7-2)13-8-9-15-10-12(13)11-16-14(3,4)5/h8-10,16H,6-7,11H2,1-5H3. The van der Waals surface area contributed by atoms with Crippen molar-refractivity contribution in [2.75, 3.05) is 18.0 Å². The highest BCUT2D eigenvalue weighted by Crippen LogP contribution is 2.19. The van der Waals surface area contributed by atoms with Gasteiger partial charge in [0.1, 0.15) is 0 Å². The first-order chi connectivity index (χ1) is 7.98. The van der Waals surface area contributed by atoms with E-state index >= 15 is 0 Å². The molecule has 0 saturated carbocycles. The highest BCUT2D eigenvalue weighted by molar-refractivity contribution is 5.52. The summed E-state index contributed by atoms with van der Waals surface area (Å²) in [5.41, 5.74) is 2.70. The molecule has 17 heavy (non-hydrogen) atoms. The average molecular weight is 235 g/mol. The normalized spacial score (nSPS) is 11.6. The Morgan fingerprint density at radius 3 is 2.41 bits per heavy atom. The summed E-state index contributed by atoms with van der Waals surface area (Å²) in [5, 5.41) is 3.51. The van der Waals surface area contributed by atoms with Gasteiger partial charge in [-0.15, -0.1) is 0 Å². The van der Waals surface area contributed by atoms with Crippen molar-refractivity contribution in [2.24, 2.45) is 0 Å². The van der Waals surface area contributed by atoms with E-state index in [0.717, 1.165) is 19.6 Å². The molecule has 0 aliphatic rings. The maximum atomic E-state index is 4.23. The summed E-state index contributed by atoms with van der Waals surface area (Å²) in [6.45, 7) is 13.8. The van der Waals surface area contributed by atoms with Crippen LogP contribution in [0.4, 0.5) is 5.69 Å². The van der Waals surface area contributed by atoms with Crippen LogP contribution in [0, 0.1) is 0 Å². The van der Waals surface area contributed by atoms with Crippen LogP contribution < -0.4 is 10.2 Å². The smallest absolute Gasteiger partial charge is 0.0442 e. The van der Waals surface area contributed by atoms with Crippen molar-refractivity contribution in [3.63, 3.8) is 0 Å². The van der Waals surface area contributed by atoms with Gasteiger partial charge in [-0.3, -0.25) is 4.98 Å². The molecule has 1 rings (SSSR count). The third-order valence-electron chi connectivity index (χ3n) is 2.79. The predicted molar refractivity (Wildman–Crippen MR) is 74.4 cm³/mol. The minimum Gasteiger partial charge on any atom is -0.372 e. The Morgan fingerprint density at radius 1 is 1.24 bits per heavy atom. The molecule has 0 spiro atoms. The molecule has 1 aromatic heterocycles. The Balaban J connectivity index is 2.84. The lowest BCUT2D eigenvalue weighted by Gasteiger charge is -2.26. The lowest BCUT2D eigenvalue weighted by atomic mass is 10.1. The largest absolute Gasteiger partial charge is 0.372 e. The summed E-state index contributed by atoms with van der Waals surface area (Å²) >= 11 is 0. The van der Waals surface area contributed by atoms with Gasteiger partial charge in [0.25, 0.3) is 0 Å². The van der Waals surface area contributed by atoms with Crippen molar-refractivity contribution in [1.82, 2.24) is 10.3 Å². The van der Waals surface area contributed by atoms with E-state index in [9.17, 15) is 0 Å². The molecular weight excluding hydrogens is 210 g/mol. The van der Waals surface area contributed by atoms with Gasteiger partial charge in [-0.25, -0.2) is 0 Å². The van der Waals surface area contributed by atoms with Crippen LogP contribution in [0.3, 0.4) is 0 Å². The third-order valence-corrected chi connectivity index (χ3v) is 2.79. The topological polar surface area (TPSA) is 28.2 Å². The van der Waals surface area contributed by atoms with E-state index in [4.69, 9.17) is 0 Å². The zero-order valence-corrected chi connectivity index (χ0v) is 11.7. The highest BCUT2D eigenvalue weighted by Gasteiger charge is 2.12. The molecule has 0 aromatic carbocycles. The summed E-state index contributed by atoms with van der Waals surface area (Å²) in [6, 6.07) is 2.10. The number of aromatic nitrogens is 1. The zero-order valence-electron chi connectivity index (χ0n) is 11.7. The van der Waals surface area contributed by atoms with Crippen molar-refractivity contribution in [3.8, 4) is 0 Å². The first-order valence-corrected chi connectivity index (χ1v) is 6.40. The van der Waals surface area contributed by atoms with Crippen molar-refractivity contribution in [1.29, 1.82) is 0 Å². The van der Waals surface area contributed by atoms with E-state index in [2.05, 4.69) is 55.9 Å². The van der Waals surface area contributed by atoms with Crippen LogP contribution in [-0.4, -0.2) is 23.6 Å². The second kappa shape index (κ2) is 6.01. The number of hydrogen-bond donors (Lipinski definition) is 1. The van der Waals surface area contributed by atoms with Crippen LogP contribution >= 0.6 is 0 Å². The number of rotatable bonds is 5. The quantitative estimate of drug-likeness (QED) is 0.850. The molecule has 1 heterocycles. The first-order valence-electron chi connectivity index (χ1n) is 6.40. The lowest BCUT2D eigenvalue weighted by Crippen LogP contribution is -2.35. The van der Waals surface area contributed by atoms with Crippen molar-refractivity contribution < 1.29 is 0 Å². The fourth-order valence-electron chi connectivity index (χ4n) is 1.79.